The Hall–Kier alpha value is -2.46. The lowest BCUT2D eigenvalue weighted by Gasteiger charge is -2.34. The van der Waals surface area contributed by atoms with Gasteiger partial charge < -0.3 is 14.0 Å². The third-order valence-corrected chi connectivity index (χ3v) is 6.65. The van der Waals surface area contributed by atoms with Crippen LogP contribution >= 0.6 is 0 Å². The minimum atomic E-state index is 0.492. The standard InChI is InChI=1S/C25H30N2O2/c1-17-8-9-23-22(12-17)21-6-4-7-24-25(21)27(23)11-5-10-26(24)16-18-13-19(28-2)15-20(14-18)29-3/h8-9,12-15,24H,4-7,10-11,16H2,1-3H3/t24-/m1/s1. The van der Waals surface area contributed by atoms with Crippen molar-refractivity contribution in [2.24, 2.45) is 0 Å². The summed E-state index contributed by atoms with van der Waals surface area (Å²) in [5.41, 5.74) is 7.21. The molecule has 29 heavy (non-hydrogen) atoms. The lowest BCUT2D eigenvalue weighted by molar-refractivity contribution is 0.173. The van der Waals surface area contributed by atoms with Crippen molar-refractivity contribution < 1.29 is 9.47 Å². The number of hydrogen-bond acceptors (Lipinski definition) is 3. The Morgan fingerprint density at radius 1 is 0.966 bits per heavy atom. The molecular formula is C25H30N2O2. The fourth-order valence-corrected chi connectivity index (χ4v) is 5.38. The SMILES string of the molecule is COc1cc(CN2CCCn3c4c(c5cc(C)ccc53)CCC[C@H]42)cc(OC)c1. The molecule has 0 fully saturated rings. The van der Waals surface area contributed by atoms with Crippen molar-refractivity contribution in [3.8, 4) is 11.5 Å². The van der Waals surface area contributed by atoms with Crippen molar-refractivity contribution in [3.05, 3.63) is 58.8 Å². The van der Waals surface area contributed by atoms with Gasteiger partial charge in [0.1, 0.15) is 11.5 Å². The van der Waals surface area contributed by atoms with Crippen molar-refractivity contribution in [3.63, 3.8) is 0 Å². The van der Waals surface area contributed by atoms with Crippen LogP contribution in [0.1, 0.15) is 47.7 Å². The van der Waals surface area contributed by atoms with E-state index in [0.29, 0.717) is 6.04 Å². The summed E-state index contributed by atoms with van der Waals surface area (Å²) in [4.78, 5) is 2.68. The second-order valence-corrected chi connectivity index (χ2v) is 8.49. The average molecular weight is 391 g/mol. The molecule has 152 valence electrons. The van der Waals surface area contributed by atoms with Gasteiger partial charge in [-0.1, -0.05) is 11.6 Å². The van der Waals surface area contributed by atoms with Crippen molar-refractivity contribution in [1.82, 2.24) is 9.47 Å². The summed E-state index contributed by atoms with van der Waals surface area (Å²) >= 11 is 0. The van der Waals surface area contributed by atoms with Crippen LogP contribution in [0.2, 0.25) is 0 Å². The minimum Gasteiger partial charge on any atom is -0.497 e. The highest BCUT2D eigenvalue weighted by Crippen LogP contribution is 2.42. The Morgan fingerprint density at radius 2 is 1.76 bits per heavy atom. The zero-order chi connectivity index (χ0) is 20.0. The summed E-state index contributed by atoms with van der Waals surface area (Å²) in [6.45, 7) is 5.37. The van der Waals surface area contributed by atoms with Gasteiger partial charge in [-0.2, -0.15) is 0 Å². The van der Waals surface area contributed by atoms with E-state index in [1.54, 1.807) is 25.5 Å². The van der Waals surface area contributed by atoms with Gasteiger partial charge in [0.05, 0.1) is 20.3 Å². The molecule has 1 aliphatic carbocycles. The van der Waals surface area contributed by atoms with E-state index in [1.165, 1.54) is 47.7 Å². The number of nitrogens with zero attached hydrogens (tertiary/aromatic N) is 2. The monoisotopic (exact) mass is 390 g/mol. The van der Waals surface area contributed by atoms with Gasteiger partial charge in [0, 0.05) is 42.3 Å². The van der Waals surface area contributed by atoms with E-state index in [2.05, 4.69) is 46.7 Å². The fraction of sp³-hybridized carbons (Fsp3) is 0.440. The highest BCUT2D eigenvalue weighted by Gasteiger charge is 2.33. The minimum absolute atomic E-state index is 0.492. The molecule has 4 nitrogen and oxygen atoms in total. The van der Waals surface area contributed by atoms with Gasteiger partial charge in [-0.05, 0) is 68.0 Å². The number of fused-ring (bicyclic) bond motifs is 3. The molecule has 1 aromatic heterocycles. The molecule has 0 spiro atoms. The highest BCUT2D eigenvalue weighted by molar-refractivity contribution is 5.86. The molecule has 3 aromatic rings. The number of aromatic nitrogens is 1. The summed E-state index contributed by atoms with van der Waals surface area (Å²) in [6.07, 6.45) is 4.90. The van der Waals surface area contributed by atoms with E-state index in [0.717, 1.165) is 31.1 Å². The topological polar surface area (TPSA) is 26.6 Å². The van der Waals surface area contributed by atoms with Gasteiger partial charge in [-0.15, -0.1) is 0 Å². The Morgan fingerprint density at radius 3 is 2.52 bits per heavy atom. The predicted octanol–water partition coefficient (Wildman–Crippen LogP) is 5.25. The van der Waals surface area contributed by atoms with Gasteiger partial charge in [0.25, 0.3) is 0 Å². The number of aryl methyl sites for hydroxylation is 3. The summed E-state index contributed by atoms with van der Waals surface area (Å²) < 4.78 is 13.6. The molecule has 0 amide bonds. The number of ether oxygens (including phenoxy) is 2. The lowest BCUT2D eigenvalue weighted by atomic mass is 9.90. The van der Waals surface area contributed by atoms with Gasteiger partial charge in [-0.25, -0.2) is 0 Å². The number of methoxy groups -OCH3 is 2. The van der Waals surface area contributed by atoms with Crippen molar-refractivity contribution in [2.45, 2.75) is 51.7 Å². The van der Waals surface area contributed by atoms with Gasteiger partial charge in [-0.3, -0.25) is 4.90 Å². The molecular weight excluding hydrogens is 360 g/mol. The van der Waals surface area contributed by atoms with Gasteiger partial charge >= 0.3 is 0 Å². The molecule has 2 heterocycles. The Labute approximate surface area is 173 Å². The van der Waals surface area contributed by atoms with E-state index in [4.69, 9.17) is 9.47 Å². The van der Waals surface area contributed by atoms with Crippen LogP contribution in [-0.4, -0.2) is 30.2 Å². The Balaban J connectivity index is 1.56. The quantitative estimate of drug-likeness (QED) is 0.609. The third kappa shape index (κ3) is 3.20. The first-order valence-corrected chi connectivity index (χ1v) is 10.8. The van der Waals surface area contributed by atoms with Crippen LogP contribution in [0.5, 0.6) is 11.5 Å². The zero-order valence-corrected chi connectivity index (χ0v) is 17.7. The van der Waals surface area contributed by atoms with E-state index in [9.17, 15) is 0 Å². The summed E-state index contributed by atoms with van der Waals surface area (Å²) in [5.74, 6) is 1.73. The maximum absolute atomic E-state index is 5.50. The second kappa shape index (κ2) is 7.42. The van der Waals surface area contributed by atoms with Crippen LogP contribution in [0, 0.1) is 6.92 Å². The summed E-state index contributed by atoms with van der Waals surface area (Å²) in [5, 5.41) is 1.48. The van der Waals surface area contributed by atoms with Crippen LogP contribution in [0.25, 0.3) is 10.9 Å². The molecule has 4 heteroatoms. The van der Waals surface area contributed by atoms with Crippen molar-refractivity contribution in [2.75, 3.05) is 20.8 Å². The smallest absolute Gasteiger partial charge is 0.122 e. The molecule has 0 radical (unpaired) electrons. The van der Waals surface area contributed by atoms with Gasteiger partial charge in [0.15, 0.2) is 0 Å². The second-order valence-electron chi connectivity index (χ2n) is 8.49. The van der Waals surface area contributed by atoms with E-state index >= 15 is 0 Å². The first-order valence-electron chi connectivity index (χ1n) is 10.8. The van der Waals surface area contributed by atoms with E-state index in [-0.39, 0.29) is 0 Å². The Kier molecular flexibility index (Phi) is 4.75. The number of hydrogen-bond donors (Lipinski definition) is 0. The molecule has 0 saturated heterocycles. The average Bonchev–Trinajstić information content (AvgIpc) is 2.93. The first kappa shape index (κ1) is 18.6. The summed E-state index contributed by atoms with van der Waals surface area (Å²) in [7, 11) is 3.44. The maximum atomic E-state index is 5.50. The number of rotatable bonds is 4. The molecule has 1 atom stereocenters. The van der Waals surface area contributed by atoms with Gasteiger partial charge in [0.2, 0.25) is 0 Å². The van der Waals surface area contributed by atoms with E-state index in [1.807, 2.05) is 6.07 Å². The lowest BCUT2D eigenvalue weighted by Crippen LogP contribution is -2.31. The summed E-state index contributed by atoms with van der Waals surface area (Å²) in [6, 6.07) is 13.7. The molecule has 0 saturated carbocycles. The largest absolute Gasteiger partial charge is 0.497 e. The molecule has 0 unspecified atom stereocenters. The normalized spacial score (nSPS) is 19.1. The molecule has 5 rings (SSSR count). The maximum Gasteiger partial charge on any atom is 0.122 e. The van der Waals surface area contributed by atoms with Crippen LogP contribution in [0.4, 0.5) is 0 Å². The molecule has 2 aromatic carbocycles. The third-order valence-electron chi connectivity index (χ3n) is 6.65. The van der Waals surface area contributed by atoms with Crippen molar-refractivity contribution in [1.29, 1.82) is 0 Å². The van der Waals surface area contributed by atoms with Crippen LogP contribution in [0.3, 0.4) is 0 Å². The molecule has 1 aliphatic heterocycles. The molecule has 0 N–H and O–H groups in total. The Bertz CT molecular complexity index is 1030. The van der Waals surface area contributed by atoms with Crippen LogP contribution < -0.4 is 9.47 Å². The number of benzene rings is 2. The first-order chi connectivity index (χ1) is 14.2. The fourth-order valence-electron chi connectivity index (χ4n) is 5.38. The van der Waals surface area contributed by atoms with Crippen LogP contribution in [0.15, 0.2) is 36.4 Å². The van der Waals surface area contributed by atoms with Crippen molar-refractivity contribution >= 4 is 10.9 Å². The predicted molar refractivity (Wildman–Crippen MR) is 117 cm³/mol. The zero-order valence-electron chi connectivity index (χ0n) is 17.7. The molecule has 2 aliphatic rings. The van der Waals surface area contributed by atoms with Crippen LogP contribution in [-0.2, 0) is 19.5 Å². The molecule has 0 bridgehead atoms. The highest BCUT2D eigenvalue weighted by atomic mass is 16.5. The van der Waals surface area contributed by atoms with E-state index < -0.39 is 0 Å².